The van der Waals surface area contributed by atoms with Crippen LogP contribution in [0.5, 0.6) is 0 Å². The van der Waals surface area contributed by atoms with Gasteiger partial charge >= 0.3 is 0 Å². The Labute approximate surface area is 158 Å². The Morgan fingerprint density at radius 2 is 1.92 bits per heavy atom. The molecule has 3 rings (SSSR count). The number of rotatable bonds is 4. The first-order chi connectivity index (χ1) is 12.5. The van der Waals surface area contributed by atoms with Crippen LogP contribution in [0.1, 0.15) is 18.9 Å². The van der Waals surface area contributed by atoms with E-state index in [2.05, 4.69) is 5.32 Å². The zero-order chi connectivity index (χ0) is 18.7. The molecule has 1 aliphatic heterocycles. The number of anilines is 2. The maximum absolute atomic E-state index is 13.0. The van der Waals surface area contributed by atoms with E-state index >= 15 is 0 Å². The Balaban J connectivity index is 1.78. The van der Waals surface area contributed by atoms with Crippen molar-refractivity contribution in [3.8, 4) is 0 Å². The van der Waals surface area contributed by atoms with Crippen molar-refractivity contribution in [1.29, 1.82) is 0 Å². The Bertz CT molecular complexity index is 824. The molecule has 0 saturated heterocycles. The van der Waals surface area contributed by atoms with E-state index < -0.39 is 0 Å². The highest BCUT2D eigenvalue weighted by atomic mass is 35.5. The first-order valence-electron chi connectivity index (χ1n) is 8.58. The molecular weight excluding hydrogens is 350 g/mol. The molecule has 26 heavy (non-hydrogen) atoms. The fourth-order valence-electron chi connectivity index (χ4n) is 3.25. The number of carbonyl (C=O) groups excluding carboxylic acids is 2. The molecule has 0 saturated carbocycles. The molecule has 5 nitrogen and oxygen atoms in total. The molecule has 0 radical (unpaired) electrons. The first-order valence-corrected chi connectivity index (χ1v) is 8.96. The van der Waals surface area contributed by atoms with Gasteiger partial charge in [-0.3, -0.25) is 14.5 Å². The number of amides is 2. The minimum Gasteiger partial charge on any atom is -0.324 e. The van der Waals surface area contributed by atoms with Gasteiger partial charge in [0, 0.05) is 24.0 Å². The highest BCUT2D eigenvalue weighted by Crippen LogP contribution is 2.31. The molecule has 1 N–H and O–H groups in total. The van der Waals surface area contributed by atoms with Crippen LogP contribution in [0, 0.1) is 0 Å². The van der Waals surface area contributed by atoms with Crippen molar-refractivity contribution < 1.29 is 9.59 Å². The average Bonchev–Trinajstić information content (AvgIpc) is 2.71. The number of carbonyl (C=O) groups is 2. The lowest BCUT2D eigenvalue weighted by atomic mass is 10.1. The summed E-state index contributed by atoms with van der Waals surface area (Å²) in [5.41, 5.74) is 2.39. The molecule has 0 aromatic heterocycles. The molecule has 6 heteroatoms. The van der Waals surface area contributed by atoms with Crippen molar-refractivity contribution in [3.63, 3.8) is 0 Å². The Hall–Kier alpha value is -2.37. The summed E-state index contributed by atoms with van der Waals surface area (Å²) in [6, 6.07) is 14.8. The highest BCUT2D eigenvalue weighted by Gasteiger charge is 2.29. The van der Waals surface area contributed by atoms with Gasteiger partial charge in [-0.15, -0.1) is 0 Å². The molecule has 0 bridgehead atoms. The molecule has 1 aliphatic rings. The van der Waals surface area contributed by atoms with Gasteiger partial charge in [0.25, 0.3) is 0 Å². The SMILES string of the molecule is C[C@H]1CC(=O)Nc2ccccc2N1C(=O)CN(C)Cc1ccccc1Cl. The van der Waals surface area contributed by atoms with Gasteiger partial charge in [-0.05, 0) is 37.7 Å². The number of para-hydroxylation sites is 2. The fourth-order valence-corrected chi connectivity index (χ4v) is 3.44. The third kappa shape index (κ3) is 4.06. The van der Waals surface area contributed by atoms with E-state index in [1.165, 1.54) is 0 Å². The first kappa shape index (κ1) is 18.4. The van der Waals surface area contributed by atoms with Crippen molar-refractivity contribution in [1.82, 2.24) is 4.90 Å². The standard InChI is InChI=1S/C20H22ClN3O2/c1-14-11-19(25)22-17-9-5-6-10-18(17)24(14)20(26)13-23(2)12-15-7-3-4-8-16(15)21/h3-10,14H,11-13H2,1-2H3,(H,22,25)/t14-/m0/s1. The summed E-state index contributed by atoms with van der Waals surface area (Å²) in [4.78, 5) is 28.7. The van der Waals surface area contributed by atoms with Crippen LogP contribution in [0.25, 0.3) is 0 Å². The van der Waals surface area contributed by atoms with Gasteiger partial charge in [0.2, 0.25) is 11.8 Å². The summed E-state index contributed by atoms with van der Waals surface area (Å²) in [5, 5.41) is 3.56. The monoisotopic (exact) mass is 371 g/mol. The van der Waals surface area contributed by atoms with Gasteiger partial charge < -0.3 is 10.2 Å². The van der Waals surface area contributed by atoms with E-state index in [1.807, 2.05) is 67.4 Å². The number of hydrogen-bond donors (Lipinski definition) is 1. The van der Waals surface area contributed by atoms with Crippen LogP contribution < -0.4 is 10.2 Å². The minimum absolute atomic E-state index is 0.0454. The van der Waals surface area contributed by atoms with Crippen molar-refractivity contribution in [2.24, 2.45) is 0 Å². The van der Waals surface area contributed by atoms with Gasteiger partial charge in [-0.2, -0.15) is 0 Å². The molecule has 1 atom stereocenters. The normalized spacial score (nSPS) is 16.8. The van der Waals surface area contributed by atoms with Crippen LogP contribution in [0.2, 0.25) is 5.02 Å². The lowest BCUT2D eigenvalue weighted by Crippen LogP contribution is -2.44. The van der Waals surface area contributed by atoms with Crippen LogP contribution in [0.15, 0.2) is 48.5 Å². The fraction of sp³-hybridized carbons (Fsp3) is 0.300. The molecule has 2 aromatic carbocycles. The van der Waals surface area contributed by atoms with E-state index in [-0.39, 0.29) is 30.8 Å². The van der Waals surface area contributed by atoms with Crippen molar-refractivity contribution in [3.05, 3.63) is 59.1 Å². The third-order valence-electron chi connectivity index (χ3n) is 4.43. The number of hydrogen-bond acceptors (Lipinski definition) is 3. The van der Waals surface area contributed by atoms with E-state index in [9.17, 15) is 9.59 Å². The largest absolute Gasteiger partial charge is 0.324 e. The zero-order valence-electron chi connectivity index (χ0n) is 14.9. The summed E-state index contributed by atoms with van der Waals surface area (Å²) >= 11 is 6.21. The number of halogens is 1. The third-order valence-corrected chi connectivity index (χ3v) is 4.80. The van der Waals surface area contributed by atoms with Crippen molar-refractivity contribution in [2.45, 2.75) is 25.9 Å². The van der Waals surface area contributed by atoms with Crippen LogP contribution >= 0.6 is 11.6 Å². The molecule has 2 aromatic rings. The van der Waals surface area contributed by atoms with Gasteiger partial charge in [0.15, 0.2) is 0 Å². The van der Waals surface area contributed by atoms with E-state index in [0.29, 0.717) is 17.3 Å². The topological polar surface area (TPSA) is 52.7 Å². The van der Waals surface area contributed by atoms with Gasteiger partial charge in [0.1, 0.15) is 0 Å². The van der Waals surface area contributed by atoms with E-state index in [0.717, 1.165) is 11.3 Å². The van der Waals surface area contributed by atoms with Gasteiger partial charge in [0.05, 0.1) is 17.9 Å². The second kappa shape index (κ2) is 7.89. The minimum atomic E-state index is -0.208. The predicted molar refractivity (Wildman–Crippen MR) is 104 cm³/mol. The second-order valence-electron chi connectivity index (χ2n) is 6.65. The summed E-state index contributed by atoms with van der Waals surface area (Å²) in [6.45, 7) is 2.71. The number of likely N-dealkylation sites (N-methyl/N-ethyl adjacent to an activating group) is 1. The number of nitrogens with one attached hydrogen (secondary N) is 1. The van der Waals surface area contributed by atoms with E-state index in [1.54, 1.807) is 4.90 Å². The summed E-state index contributed by atoms with van der Waals surface area (Å²) in [5.74, 6) is -0.124. The molecule has 2 amide bonds. The van der Waals surface area contributed by atoms with Crippen LogP contribution in [0.4, 0.5) is 11.4 Å². The summed E-state index contributed by atoms with van der Waals surface area (Å²) in [6.07, 6.45) is 0.272. The van der Waals surface area contributed by atoms with Crippen molar-refractivity contribution in [2.75, 3.05) is 23.8 Å². The van der Waals surface area contributed by atoms with Crippen molar-refractivity contribution >= 4 is 34.8 Å². The molecule has 0 fully saturated rings. The molecule has 0 unspecified atom stereocenters. The van der Waals surface area contributed by atoms with Crippen LogP contribution in [-0.4, -0.2) is 36.3 Å². The molecule has 0 spiro atoms. The zero-order valence-corrected chi connectivity index (χ0v) is 15.7. The Kier molecular flexibility index (Phi) is 5.59. The highest BCUT2D eigenvalue weighted by molar-refractivity contribution is 6.31. The number of benzene rings is 2. The predicted octanol–water partition coefficient (Wildman–Crippen LogP) is 3.54. The molecular formula is C20H22ClN3O2. The Morgan fingerprint density at radius 3 is 2.69 bits per heavy atom. The molecule has 0 aliphatic carbocycles. The average molecular weight is 372 g/mol. The number of nitrogens with zero attached hydrogens (tertiary/aromatic N) is 2. The lowest BCUT2D eigenvalue weighted by Gasteiger charge is -2.29. The Morgan fingerprint density at radius 1 is 1.23 bits per heavy atom. The summed E-state index contributed by atoms with van der Waals surface area (Å²) in [7, 11) is 1.89. The molecule has 1 heterocycles. The molecule has 136 valence electrons. The summed E-state index contributed by atoms with van der Waals surface area (Å²) < 4.78 is 0. The second-order valence-corrected chi connectivity index (χ2v) is 7.05. The van der Waals surface area contributed by atoms with Gasteiger partial charge in [-0.1, -0.05) is 41.9 Å². The smallest absolute Gasteiger partial charge is 0.241 e. The van der Waals surface area contributed by atoms with Crippen LogP contribution in [-0.2, 0) is 16.1 Å². The lowest BCUT2D eigenvalue weighted by molar-refractivity contribution is -0.120. The van der Waals surface area contributed by atoms with Crippen LogP contribution in [0.3, 0.4) is 0 Å². The van der Waals surface area contributed by atoms with Gasteiger partial charge in [-0.25, -0.2) is 0 Å². The maximum Gasteiger partial charge on any atom is 0.241 e. The quantitative estimate of drug-likeness (QED) is 0.894. The van der Waals surface area contributed by atoms with E-state index in [4.69, 9.17) is 11.6 Å². The number of fused-ring (bicyclic) bond motifs is 1. The maximum atomic E-state index is 13.0.